The van der Waals surface area contributed by atoms with Crippen molar-refractivity contribution in [3.05, 3.63) is 133 Å². The van der Waals surface area contributed by atoms with E-state index in [1.165, 1.54) is 27.8 Å². The Bertz CT molecular complexity index is 1340. The topological polar surface area (TPSA) is 12.5 Å². The molecule has 5 aromatic carbocycles. The molecule has 0 aliphatic rings. The quantitative estimate of drug-likeness (QED) is 0.261. The number of benzene rings is 5. The Labute approximate surface area is 201 Å². The van der Waals surface area contributed by atoms with Crippen molar-refractivity contribution in [2.24, 2.45) is 0 Å². The van der Waals surface area contributed by atoms with E-state index in [0.717, 1.165) is 22.8 Å². The van der Waals surface area contributed by atoms with Crippen LogP contribution >= 0.6 is 0 Å². The molecule has 0 aliphatic carbocycles. The Morgan fingerprint density at radius 3 is 1.29 bits per heavy atom. The zero-order valence-electron chi connectivity index (χ0n) is 19.5. The van der Waals surface area contributed by atoms with Crippen molar-refractivity contribution in [2.45, 2.75) is 6.92 Å². The number of hydrogen-bond donors (Lipinski definition) is 0. The molecule has 0 unspecified atom stereocenters. The van der Waals surface area contributed by atoms with Gasteiger partial charge in [0.1, 0.15) is 5.75 Å². The summed E-state index contributed by atoms with van der Waals surface area (Å²) in [6.45, 7) is 2.11. The van der Waals surface area contributed by atoms with Crippen LogP contribution in [0.1, 0.15) is 5.56 Å². The van der Waals surface area contributed by atoms with E-state index in [9.17, 15) is 0 Å². The Morgan fingerprint density at radius 2 is 0.824 bits per heavy atom. The van der Waals surface area contributed by atoms with Crippen LogP contribution < -0.4 is 9.64 Å². The van der Waals surface area contributed by atoms with Crippen LogP contribution in [0.2, 0.25) is 0 Å². The molecule has 2 nitrogen and oxygen atoms in total. The van der Waals surface area contributed by atoms with E-state index in [1.54, 1.807) is 7.11 Å². The van der Waals surface area contributed by atoms with E-state index in [1.807, 2.05) is 18.2 Å². The SMILES string of the molecule is COc1ccc(N(c2ccc(C)cc2)c2ccc(-c3ccc(-c4ccccc4)cc3)cc2)cc1. The zero-order chi connectivity index (χ0) is 23.3. The molecule has 0 aliphatic heterocycles. The maximum absolute atomic E-state index is 5.36. The second-order valence-corrected chi connectivity index (χ2v) is 8.36. The van der Waals surface area contributed by atoms with Gasteiger partial charge in [-0.2, -0.15) is 0 Å². The van der Waals surface area contributed by atoms with E-state index < -0.39 is 0 Å². The molecule has 5 aromatic rings. The van der Waals surface area contributed by atoms with Crippen LogP contribution in [-0.4, -0.2) is 7.11 Å². The minimum Gasteiger partial charge on any atom is -0.497 e. The van der Waals surface area contributed by atoms with Crippen LogP contribution in [-0.2, 0) is 0 Å². The molecule has 0 heterocycles. The summed E-state index contributed by atoms with van der Waals surface area (Å²) in [5.41, 5.74) is 9.43. The van der Waals surface area contributed by atoms with Crippen LogP contribution in [0.15, 0.2) is 127 Å². The molecular weight excluding hydrogens is 414 g/mol. The van der Waals surface area contributed by atoms with E-state index in [0.29, 0.717) is 0 Å². The minimum atomic E-state index is 0.849. The highest BCUT2D eigenvalue weighted by Crippen LogP contribution is 2.36. The van der Waals surface area contributed by atoms with Crippen LogP contribution in [0.3, 0.4) is 0 Å². The number of hydrogen-bond acceptors (Lipinski definition) is 2. The summed E-state index contributed by atoms with van der Waals surface area (Å²) in [6.07, 6.45) is 0. The van der Waals surface area contributed by atoms with Gasteiger partial charge in [-0.15, -0.1) is 0 Å². The van der Waals surface area contributed by atoms with Gasteiger partial charge in [0.05, 0.1) is 7.11 Å². The van der Waals surface area contributed by atoms with Crippen molar-refractivity contribution >= 4 is 17.1 Å². The predicted molar refractivity (Wildman–Crippen MR) is 143 cm³/mol. The van der Waals surface area contributed by atoms with Gasteiger partial charge >= 0.3 is 0 Å². The minimum absolute atomic E-state index is 0.849. The molecule has 0 saturated carbocycles. The first kappa shape index (κ1) is 21.5. The molecule has 0 aromatic heterocycles. The Kier molecular flexibility index (Phi) is 6.13. The van der Waals surface area contributed by atoms with E-state index >= 15 is 0 Å². The van der Waals surface area contributed by atoms with Gasteiger partial charge in [-0.3, -0.25) is 0 Å². The van der Waals surface area contributed by atoms with E-state index in [2.05, 4.69) is 121 Å². The number of aryl methyl sites for hydroxylation is 1. The van der Waals surface area contributed by atoms with Gasteiger partial charge in [-0.25, -0.2) is 0 Å². The first-order valence-corrected chi connectivity index (χ1v) is 11.5. The fourth-order valence-electron chi connectivity index (χ4n) is 4.16. The lowest BCUT2D eigenvalue weighted by molar-refractivity contribution is 0.415. The largest absolute Gasteiger partial charge is 0.497 e. The molecule has 5 rings (SSSR count). The molecule has 166 valence electrons. The molecule has 2 heteroatoms. The predicted octanol–water partition coefficient (Wildman–Crippen LogP) is 8.81. The molecule has 0 N–H and O–H groups in total. The molecular formula is C32H27NO. The Hall–Kier alpha value is -4.30. The van der Waals surface area contributed by atoms with Crippen LogP contribution in [0, 0.1) is 6.92 Å². The fourth-order valence-corrected chi connectivity index (χ4v) is 4.16. The van der Waals surface area contributed by atoms with Crippen molar-refractivity contribution in [1.29, 1.82) is 0 Å². The van der Waals surface area contributed by atoms with Gasteiger partial charge in [0, 0.05) is 17.1 Å². The average Bonchev–Trinajstić information content (AvgIpc) is 2.91. The monoisotopic (exact) mass is 441 g/mol. The standard InChI is InChI=1S/C32H27NO/c1-24-8-16-29(17-9-24)33(31-20-22-32(34-2)23-21-31)30-18-14-28(15-19-30)27-12-10-26(11-13-27)25-6-4-3-5-7-25/h3-23H,1-2H3. The smallest absolute Gasteiger partial charge is 0.119 e. The molecule has 34 heavy (non-hydrogen) atoms. The van der Waals surface area contributed by atoms with Gasteiger partial charge in [0.25, 0.3) is 0 Å². The highest BCUT2D eigenvalue weighted by Gasteiger charge is 2.13. The first-order chi connectivity index (χ1) is 16.7. The van der Waals surface area contributed by atoms with Crippen molar-refractivity contribution in [2.75, 3.05) is 12.0 Å². The number of anilines is 3. The molecule has 0 fully saturated rings. The van der Waals surface area contributed by atoms with Gasteiger partial charge in [0.2, 0.25) is 0 Å². The van der Waals surface area contributed by atoms with Crippen LogP contribution in [0.4, 0.5) is 17.1 Å². The molecule has 0 radical (unpaired) electrons. The maximum atomic E-state index is 5.36. The van der Waals surface area contributed by atoms with Gasteiger partial charge in [-0.05, 0) is 77.7 Å². The highest BCUT2D eigenvalue weighted by molar-refractivity contribution is 5.79. The summed E-state index contributed by atoms with van der Waals surface area (Å²) in [6, 6.07) is 44.8. The summed E-state index contributed by atoms with van der Waals surface area (Å²) >= 11 is 0. The second-order valence-electron chi connectivity index (χ2n) is 8.36. The number of ether oxygens (including phenoxy) is 1. The normalized spacial score (nSPS) is 10.6. The third kappa shape index (κ3) is 4.57. The molecule has 0 saturated heterocycles. The molecule has 0 spiro atoms. The third-order valence-corrected chi connectivity index (χ3v) is 6.07. The number of rotatable bonds is 6. The Balaban J connectivity index is 1.46. The summed E-state index contributed by atoms with van der Waals surface area (Å²) < 4.78 is 5.36. The lowest BCUT2D eigenvalue weighted by Gasteiger charge is -2.26. The molecule has 0 amide bonds. The van der Waals surface area contributed by atoms with Gasteiger partial charge in [-0.1, -0.05) is 84.4 Å². The molecule has 0 bridgehead atoms. The lowest BCUT2D eigenvalue weighted by Crippen LogP contribution is -2.09. The van der Waals surface area contributed by atoms with E-state index in [4.69, 9.17) is 4.74 Å². The van der Waals surface area contributed by atoms with Crippen LogP contribution in [0.5, 0.6) is 5.75 Å². The van der Waals surface area contributed by atoms with Crippen LogP contribution in [0.25, 0.3) is 22.3 Å². The van der Waals surface area contributed by atoms with Crippen molar-refractivity contribution in [3.8, 4) is 28.0 Å². The Morgan fingerprint density at radius 1 is 0.441 bits per heavy atom. The maximum Gasteiger partial charge on any atom is 0.119 e. The van der Waals surface area contributed by atoms with Gasteiger partial charge < -0.3 is 9.64 Å². The fraction of sp³-hybridized carbons (Fsp3) is 0.0625. The highest BCUT2D eigenvalue weighted by atomic mass is 16.5. The number of nitrogens with zero attached hydrogens (tertiary/aromatic N) is 1. The van der Waals surface area contributed by atoms with Crippen molar-refractivity contribution in [3.63, 3.8) is 0 Å². The summed E-state index contributed by atoms with van der Waals surface area (Å²) in [4.78, 5) is 2.27. The summed E-state index contributed by atoms with van der Waals surface area (Å²) in [5, 5.41) is 0. The van der Waals surface area contributed by atoms with Crippen molar-refractivity contribution < 1.29 is 4.74 Å². The summed E-state index contributed by atoms with van der Waals surface area (Å²) in [7, 11) is 1.69. The zero-order valence-corrected chi connectivity index (χ0v) is 19.5. The van der Waals surface area contributed by atoms with Gasteiger partial charge in [0.15, 0.2) is 0 Å². The third-order valence-electron chi connectivity index (χ3n) is 6.07. The molecule has 0 atom stereocenters. The number of methoxy groups -OCH3 is 1. The first-order valence-electron chi connectivity index (χ1n) is 11.5. The van der Waals surface area contributed by atoms with E-state index in [-0.39, 0.29) is 0 Å². The average molecular weight is 442 g/mol. The summed E-state index contributed by atoms with van der Waals surface area (Å²) in [5.74, 6) is 0.849. The second kappa shape index (κ2) is 9.68. The van der Waals surface area contributed by atoms with Crippen molar-refractivity contribution in [1.82, 2.24) is 0 Å². The lowest BCUT2D eigenvalue weighted by atomic mass is 10.00.